The van der Waals surface area contributed by atoms with Crippen LogP contribution in [-0.4, -0.2) is 28.7 Å². The summed E-state index contributed by atoms with van der Waals surface area (Å²) in [7, 11) is 2.12. The molecule has 0 aromatic carbocycles. The van der Waals surface area contributed by atoms with E-state index in [9.17, 15) is 0 Å². The summed E-state index contributed by atoms with van der Waals surface area (Å²) in [6.07, 6.45) is 1.10. The molecule has 2 heterocycles. The molecule has 60 valence electrons. The smallest absolute Gasteiger partial charge is 0.131 e. The van der Waals surface area contributed by atoms with Gasteiger partial charge in [0.1, 0.15) is 4.60 Å². The third-order valence-electron chi connectivity index (χ3n) is 2.07. The summed E-state index contributed by atoms with van der Waals surface area (Å²) in [6, 6.07) is 0. The maximum atomic E-state index is 4.10. The second-order valence-corrected chi connectivity index (χ2v) is 3.71. The maximum absolute atomic E-state index is 4.10. The molecule has 0 saturated carbocycles. The highest BCUT2D eigenvalue weighted by Gasteiger charge is 2.17. The SMILES string of the molecule is CN1CCc2c(Br)n[nH]c2C1. The Hall–Kier alpha value is -0.350. The highest BCUT2D eigenvalue weighted by Crippen LogP contribution is 2.22. The van der Waals surface area contributed by atoms with Crippen molar-refractivity contribution >= 4 is 15.9 Å². The molecule has 1 aromatic rings. The van der Waals surface area contributed by atoms with E-state index in [-0.39, 0.29) is 0 Å². The number of hydrogen-bond donors (Lipinski definition) is 1. The predicted molar refractivity (Wildman–Crippen MR) is 46.3 cm³/mol. The Labute approximate surface area is 73.9 Å². The van der Waals surface area contributed by atoms with Crippen LogP contribution in [0.15, 0.2) is 4.60 Å². The molecule has 1 aliphatic rings. The Morgan fingerprint density at radius 2 is 2.45 bits per heavy atom. The quantitative estimate of drug-likeness (QED) is 0.705. The minimum absolute atomic E-state index is 0.987. The lowest BCUT2D eigenvalue weighted by Gasteiger charge is -2.21. The fourth-order valence-electron chi connectivity index (χ4n) is 1.41. The van der Waals surface area contributed by atoms with Crippen LogP contribution in [0, 0.1) is 0 Å². The summed E-state index contributed by atoms with van der Waals surface area (Å²) in [5, 5.41) is 7.12. The topological polar surface area (TPSA) is 31.9 Å². The standard InChI is InChI=1S/C7H10BrN3/c1-11-3-2-5-6(4-11)9-10-7(5)8/h2-4H2,1H3,(H,9,10). The summed E-state index contributed by atoms with van der Waals surface area (Å²) in [4.78, 5) is 2.28. The van der Waals surface area contributed by atoms with Crippen LogP contribution in [0.1, 0.15) is 11.3 Å². The third-order valence-corrected chi connectivity index (χ3v) is 2.73. The number of halogens is 1. The normalized spacial score (nSPS) is 18.4. The third kappa shape index (κ3) is 1.20. The van der Waals surface area contributed by atoms with Gasteiger partial charge >= 0.3 is 0 Å². The molecular weight excluding hydrogens is 206 g/mol. The molecule has 1 N–H and O–H groups in total. The molecule has 2 rings (SSSR count). The summed E-state index contributed by atoms with van der Waals surface area (Å²) < 4.78 is 0.987. The second-order valence-electron chi connectivity index (χ2n) is 2.96. The predicted octanol–water partition coefficient (Wildman–Crippen LogP) is 1.16. The zero-order valence-corrected chi connectivity index (χ0v) is 7.98. The lowest BCUT2D eigenvalue weighted by molar-refractivity contribution is 0.309. The Bertz CT molecular complexity index is 269. The molecule has 1 aliphatic heterocycles. The van der Waals surface area contributed by atoms with Crippen LogP contribution in [0.3, 0.4) is 0 Å². The number of hydrogen-bond acceptors (Lipinski definition) is 2. The molecule has 11 heavy (non-hydrogen) atoms. The lowest BCUT2D eigenvalue weighted by Crippen LogP contribution is -2.26. The van der Waals surface area contributed by atoms with Crippen LogP contribution in [-0.2, 0) is 13.0 Å². The van der Waals surface area contributed by atoms with E-state index in [0.717, 1.165) is 24.1 Å². The van der Waals surface area contributed by atoms with Gasteiger partial charge in [0, 0.05) is 18.7 Å². The first-order valence-electron chi connectivity index (χ1n) is 3.67. The summed E-state index contributed by atoms with van der Waals surface area (Å²) in [5.74, 6) is 0. The first-order chi connectivity index (χ1) is 5.27. The van der Waals surface area contributed by atoms with Crippen molar-refractivity contribution in [3.05, 3.63) is 15.9 Å². The van der Waals surface area contributed by atoms with Crippen molar-refractivity contribution in [3.8, 4) is 0 Å². The van der Waals surface area contributed by atoms with Gasteiger partial charge in [0.25, 0.3) is 0 Å². The second kappa shape index (κ2) is 2.60. The van der Waals surface area contributed by atoms with Crippen molar-refractivity contribution < 1.29 is 0 Å². The van der Waals surface area contributed by atoms with Crippen LogP contribution in [0.25, 0.3) is 0 Å². The first kappa shape index (κ1) is 7.31. The molecule has 3 nitrogen and oxygen atoms in total. The zero-order chi connectivity index (χ0) is 7.84. The number of aromatic amines is 1. The highest BCUT2D eigenvalue weighted by atomic mass is 79.9. The number of H-pyrrole nitrogens is 1. The Morgan fingerprint density at radius 3 is 3.27 bits per heavy atom. The number of aromatic nitrogens is 2. The van der Waals surface area contributed by atoms with Crippen molar-refractivity contribution in [1.29, 1.82) is 0 Å². The molecule has 0 unspecified atom stereocenters. The number of nitrogens with one attached hydrogen (secondary N) is 1. The van der Waals surface area contributed by atoms with E-state index in [1.807, 2.05) is 0 Å². The van der Waals surface area contributed by atoms with Gasteiger partial charge in [-0.2, -0.15) is 5.10 Å². The first-order valence-corrected chi connectivity index (χ1v) is 4.47. The molecule has 0 radical (unpaired) electrons. The van der Waals surface area contributed by atoms with E-state index >= 15 is 0 Å². The van der Waals surface area contributed by atoms with E-state index in [2.05, 4.69) is 38.1 Å². The van der Waals surface area contributed by atoms with Gasteiger partial charge in [-0.3, -0.25) is 5.10 Å². The van der Waals surface area contributed by atoms with Crippen molar-refractivity contribution in [2.75, 3.05) is 13.6 Å². The molecule has 4 heteroatoms. The van der Waals surface area contributed by atoms with Gasteiger partial charge in [-0.15, -0.1) is 0 Å². The summed E-state index contributed by atoms with van der Waals surface area (Å²) >= 11 is 3.41. The molecule has 0 spiro atoms. The van der Waals surface area contributed by atoms with E-state index < -0.39 is 0 Å². The van der Waals surface area contributed by atoms with Crippen LogP contribution in [0.2, 0.25) is 0 Å². The van der Waals surface area contributed by atoms with E-state index in [1.165, 1.54) is 11.3 Å². The van der Waals surface area contributed by atoms with Gasteiger partial charge in [0.2, 0.25) is 0 Å². The van der Waals surface area contributed by atoms with Crippen LogP contribution >= 0.6 is 15.9 Å². The number of nitrogens with zero attached hydrogens (tertiary/aromatic N) is 2. The van der Waals surface area contributed by atoms with Crippen molar-refractivity contribution in [2.45, 2.75) is 13.0 Å². The minimum atomic E-state index is 0.987. The van der Waals surface area contributed by atoms with Crippen molar-refractivity contribution in [3.63, 3.8) is 0 Å². The molecule has 0 bridgehead atoms. The van der Waals surface area contributed by atoms with Gasteiger partial charge in [-0.05, 0) is 29.4 Å². The molecule has 0 saturated heterocycles. The Morgan fingerprint density at radius 1 is 1.64 bits per heavy atom. The minimum Gasteiger partial charge on any atom is -0.300 e. The molecular formula is C7H10BrN3. The lowest BCUT2D eigenvalue weighted by atomic mass is 10.1. The molecule has 1 aromatic heterocycles. The van der Waals surface area contributed by atoms with E-state index in [0.29, 0.717) is 0 Å². The molecule has 0 atom stereocenters. The van der Waals surface area contributed by atoms with Gasteiger partial charge in [0.05, 0.1) is 5.69 Å². The number of fused-ring (bicyclic) bond motifs is 1. The fourth-order valence-corrected chi connectivity index (χ4v) is 1.94. The number of rotatable bonds is 0. The average Bonchev–Trinajstić information content (AvgIpc) is 2.32. The number of likely N-dealkylation sites (N-methyl/N-ethyl adjacent to an activating group) is 1. The summed E-state index contributed by atoms with van der Waals surface area (Å²) in [5.41, 5.74) is 2.61. The Kier molecular flexibility index (Phi) is 1.73. The van der Waals surface area contributed by atoms with E-state index in [1.54, 1.807) is 0 Å². The molecule has 0 fully saturated rings. The fraction of sp³-hybridized carbons (Fsp3) is 0.571. The van der Waals surface area contributed by atoms with Crippen LogP contribution in [0.5, 0.6) is 0 Å². The molecule has 0 aliphatic carbocycles. The molecule has 0 amide bonds. The zero-order valence-electron chi connectivity index (χ0n) is 6.39. The van der Waals surface area contributed by atoms with Crippen molar-refractivity contribution in [1.82, 2.24) is 15.1 Å². The largest absolute Gasteiger partial charge is 0.300 e. The average molecular weight is 216 g/mol. The van der Waals surface area contributed by atoms with Crippen LogP contribution < -0.4 is 0 Å². The van der Waals surface area contributed by atoms with Crippen molar-refractivity contribution in [2.24, 2.45) is 0 Å². The van der Waals surface area contributed by atoms with Crippen LogP contribution in [0.4, 0.5) is 0 Å². The van der Waals surface area contributed by atoms with E-state index in [4.69, 9.17) is 0 Å². The van der Waals surface area contributed by atoms with Gasteiger partial charge in [-0.1, -0.05) is 0 Å². The monoisotopic (exact) mass is 215 g/mol. The summed E-state index contributed by atoms with van der Waals surface area (Å²) in [6.45, 7) is 2.12. The van der Waals surface area contributed by atoms with Gasteiger partial charge in [-0.25, -0.2) is 0 Å². The highest BCUT2D eigenvalue weighted by molar-refractivity contribution is 9.10. The Balaban J connectivity index is 2.36. The van der Waals surface area contributed by atoms with Gasteiger partial charge < -0.3 is 4.90 Å². The maximum Gasteiger partial charge on any atom is 0.131 e. The van der Waals surface area contributed by atoms with Gasteiger partial charge in [0.15, 0.2) is 0 Å².